The van der Waals surface area contributed by atoms with Crippen LogP contribution in [0, 0.1) is 0 Å². The Morgan fingerprint density at radius 2 is 2.00 bits per heavy atom. The van der Waals surface area contributed by atoms with Crippen molar-refractivity contribution in [3.8, 4) is 0 Å². The molecule has 1 aromatic rings. The molecule has 0 heterocycles. The summed E-state index contributed by atoms with van der Waals surface area (Å²) in [5.41, 5.74) is 2.70. The van der Waals surface area contributed by atoms with Crippen molar-refractivity contribution in [1.29, 1.82) is 0 Å². The molecule has 0 bridgehead atoms. The van der Waals surface area contributed by atoms with Gasteiger partial charge in [0, 0.05) is 0 Å². The summed E-state index contributed by atoms with van der Waals surface area (Å²) in [4.78, 5) is 0. The predicted molar refractivity (Wildman–Crippen MR) is 51.6 cm³/mol. The Morgan fingerprint density at radius 1 is 1.33 bits per heavy atom. The van der Waals surface area contributed by atoms with E-state index in [1.54, 1.807) is 0 Å². The summed E-state index contributed by atoms with van der Waals surface area (Å²) in [5, 5.41) is 0. The van der Waals surface area contributed by atoms with Crippen LogP contribution in [0.15, 0.2) is 24.3 Å². The van der Waals surface area contributed by atoms with E-state index in [2.05, 4.69) is 42.7 Å². The average Bonchev–Trinajstić information content (AvgIpc) is 2.05. The van der Waals surface area contributed by atoms with Gasteiger partial charge in [0.1, 0.15) is 0 Å². The van der Waals surface area contributed by atoms with E-state index in [1.807, 2.05) is 0 Å². The van der Waals surface area contributed by atoms with E-state index >= 15 is 0 Å². The second-order valence-corrected chi connectivity index (χ2v) is 4.76. The van der Waals surface area contributed by atoms with E-state index < -0.39 is 0 Å². The molecule has 0 radical (unpaired) electrons. The minimum atomic E-state index is -0.111. The third kappa shape index (κ3) is 2.50. The number of rotatable bonds is 2. The van der Waals surface area contributed by atoms with Gasteiger partial charge in [-0.15, -0.1) is 0 Å². The van der Waals surface area contributed by atoms with Gasteiger partial charge in [-0.25, -0.2) is 0 Å². The van der Waals surface area contributed by atoms with Gasteiger partial charge in [0.15, 0.2) is 0 Å². The number of hydrogen-bond donors (Lipinski definition) is 0. The minimum absolute atomic E-state index is 0.111. The zero-order valence-corrected chi connectivity index (χ0v) is 9.69. The molecule has 0 amide bonds. The summed E-state index contributed by atoms with van der Waals surface area (Å²) >= 11 is -0.111. The van der Waals surface area contributed by atoms with E-state index in [4.69, 9.17) is 9.69 Å². The molecule has 67 valence electrons. The Labute approximate surface area is 85.1 Å². The molecule has 0 aliphatic carbocycles. The molecule has 0 saturated heterocycles. The Hall–Kier alpha value is 0.00338. The van der Waals surface area contributed by atoms with E-state index in [9.17, 15) is 0 Å². The van der Waals surface area contributed by atoms with E-state index in [0.717, 1.165) is 0 Å². The quantitative estimate of drug-likeness (QED) is 0.723. The van der Waals surface area contributed by atoms with Crippen molar-refractivity contribution in [2.75, 3.05) is 0 Å². The van der Waals surface area contributed by atoms with Gasteiger partial charge < -0.3 is 0 Å². The van der Waals surface area contributed by atoms with Crippen molar-refractivity contribution in [2.45, 2.75) is 19.8 Å². The van der Waals surface area contributed by atoms with Gasteiger partial charge in [-0.2, -0.15) is 0 Å². The van der Waals surface area contributed by atoms with Crippen molar-refractivity contribution in [3.05, 3.63) is 35.4 Å². The fraction of sp³-hybridized carbons (Fsp3) is 0.300. The summed E-state index contributed by atoms with van der Waals surface area (Å²) in [5.74, 6) is 0.584. The van der Waals surface area contributed by atoms with Crippen LogP contribution in [0.2, 0.25) is 0 Å². The zero-order valence-electron chi connectivity index (χ0n) is 7.20. The number of halogens is 1. The molecular formula is C10H12ClRu. The Morgan fingerprint density at radius 3 is 2.58 bits per heavy atom. The summed E-state index contributed by atoms with van der Waals surface area (Å²) in [7, 11) is 5.75. The first kappa shape index (κ1) is 10.1. The molecule has 0 aliphatic rings. The molecule has 0 unspecified atom stereocenters. The van der Waals surface area contributed by atoms with Gasteiger partial charge in [0.05, 0.1) is 0 Å². The van der Waals surface area contributed by atoms with Crippen LogP contribution in [0.4, 0.5) is 0 Å². The van der Waals surface area contributed by atoms with Crippen molar-refractivity contribution < 1.29 is 15.7 Å². The SMILES string of the molecule is CC(C)c1ccccc1[CH]=[Ru][Cl]. The first-order valence-electron chi connectivity index (χ1n) is 3.90. The van der Waals surface area contributed by atoms with Gasteiger partial charge in [-0.05, 0) is 0 Å². The Kier molecular flexibility index (Phi) is 4.11. The summed E-state index contributed by atoms with van der Waals surface area (Å²) in [6.07, 6.45) is 0. The first-order valence-corrected chi connectivity index (χ1v) is 7.14. The molecule has 12 heavy (non-hydrogen) atoms. The van der Waals surface area contributed by atoms with Gasteiger partial charge in [0.2, 0.25) is 0 Å². The second-order valence-electron chi connectivity index (χ2n) is 2.96. The van der Waals surface area contributed by atoms with Crippen LogP contribution in [0.25, 0.3) is 0 Å². The van der Waals surface area contributed by atoms with Crippen molar-refractivity contribution in [2.24, 2.45) is 0 Å². The monoisotopic (exact) mass is 269 g/mol. The molecule has 2 heteroatoms. The predicted octanol–water partition coefficient (Wildman–Crippen LogP) is 3.20. The summed E-state index contributed by atoms with van der Waals surface area (Å²) in [6, 6.07) is 8.44. The Bertz CT molecular complexity index is 279. The van der Waals surface area contributed by atoms with Crippen LogP contribution >= 0.6 is 9.69 Å². The summed E-state index contributed by atoms with van der Waals surface area (Å²) < 4.78 is 2.14. The molecule has 0 fully saturated rings. The van der Waals surface area contributed by atoms with Crippen LogP contribution in [-0.4, -0.2) is 4.61 Å². The van der Waals surface area contributed by atoms with Gasteiger partial charge in [0.25, 0.3) is 0 Å². The van der Waals surface area contributed by atoms with Gasteiger partial charge in [-0.1, -0.05) is 0 Å². The summed E-state index contributed by atoms with van der Waals surface area (Å²) in [6.45, 7) is 4.41. The van der Waals surface area contributed by atoms with Crippen molar-refractivity contribution in [3.63, 3.8) is 0 Å². The van der Waals surface area contributed by atoms with Crippen LogP contribution in [0.5, 0.6) is 0 Å². The van der Waals surface area contributed by atoms with Crippen LogP contribution in [0.1, 0.15) is 30.9 Å². The van der Waals surface area contributed by atoms with E-state index in [1.165, 1.54) is 11.1 Å². The zero-order chi connectivity index (χ0) is 8.97. The molecule has 0 spiro atoms. The fourth-order valence-corrected chi connectivity index (χ4v) is 2.32. The molecule has 0 aliphatic heterocycles. The normalized spacial score (nSPS) is 12.0. The fourth-order valence-electron chi connectivity index (χ4n) is 1.17. The van der Waals surface area contributed by atoms with Crippen LogP contribution in [0.3, 0.4) is 0 Å². The van der Waals surface area contributed by atoms with E-state index in [0.29, 0.717) is 5.92 Å². The third-order valence-corrected chi connectivity index (χ3v) is 2.95. The molecule has 1 aromatic carbocycles. The standard InChI is InChI=1S/C10H12.ClH.Ru/c1-8(2)10-7-5-4-6-9(10)3;;/h3-8H,1-2H3;1H;/q;;+1/p-1. The number of hydrogen-bond acceptors (Lipinski definition) is 0. The molecule has 0 atom stereocenters. The molecule has 0 nitrogen and oxygen atoms in total. The van der Waals surface area contributed by atoms with Gasteiger partial charge in [-0.3, -0.25) is 0 Å². The maximum absolute atomic E-state index is 5.75. The number of benzene rings is 1. The topological polar surface area (TPSA) is 0 Å². The van der Waals surface area contributed by atoms with Crippen molar-refractivity contribution in [1.82, 2.24) is 0 Å². The first-order chi connectivity index (χ1) is 5.75. The Balaban J connectivity index is 3.08. The van der Waals surface area contributed by atoms with Crippen LogP contribution < -0.4 is 0 Å². The second kappa shape index (κ2) is 4.89. The van der Waals surface area contributed by atoms with Crippen LogP contribution in [-0.2, 0) is 15.7 Å². The maximum atomic E-state index is 5.75. The molecular weight excluding hydrogens is 257 g/mol. The average molecular weight is 269 g/mol. The molecule has 0 N–H and O–H groups in total. The van der Waals surface area contributed by atoms with Gasteiger partial charge >= 0.3 is 85.1 Å². The molecule has 0 aromatic heterocycles. The van der Waals surface area contributed by atoms with Crippen molar-refractivity contribution >= 4 is 14.3 Å². The molecule has 1 rings (SSSR count). The van der Waals surface area contributed by atoms with E-state index in [-0.39, 0.29) is 15.7 Å². The molecule has 0 saturated carbocycles. The third-order valence-electron chi connectivity index (χ3n) is 1.77.